The van der Waals surface area contributed by atoms with E-state index in [1.54, 1.807) is 12.1 Å². The van der Waals surface area contributed by atoms with Crippen LogP contribution in [-0.2, 0) is 17.6 Å². The molecule has 168 valence electrons. The summed E-state index contributed by atoms with van der Waals surface area (Å²) in [6, 6.07) is 7.43. The lowest BCUT2D eigenvalue weighted by atomic mass is 9.81. The van der Waals surface area contributed by atoms with E-state index in [1.807, 2.05) is 0 Å². The number of halogens is 2. The number of nitrogens with zero attached hydrogens (tertiary/aromatic N) is 1. The number of hydrogen-bond donors (Lipinski definition) is 2. The molecule has 3 N–H and O–H groups in total. The number of aromatic amines is 1. The minimum Gasteiger partial charge on any atom is -0.379 e. The number of nitrogens with one attached hydrogen (secondary N) is 1. The summed E-state index contributed by atoms with van der Waals surface area (Å²) in [5.41, 5.74) is 9.00. The largest absolute Gasteiger partial charge is 0.379 e. The molecule has 1 aromatic heterocycles. The number of carbonyl (C=O) groups excluding carboxylic acids is 1. The molecule has 0 spiro atoms. The molecule has 7 heteroatoms. The zero-order valence-corrected chi connectivity index (χ0v) is 18.1. The zero-order valence-electron chi connectivity index (χ0n) is 18.1. The van der Waals surface area contributed by atoms with E-state index in [2.05, 4.69) is 16.8 Å². The molecule has 1 aliphatic carbocycles. The molecule has 3 aromatic rings. The van der Waals surface area contributed by atoms with Crippen LogP contribution in [0.3, 0.4) is 0 Å². The van der Waals surface area contributed by atoms with Crippen molar-refractivity contribution in [3.05, 3.63) is 58.8 Å². The highest BCUT2D eigenvalue weighted by molar-refractivity contribution is 6.10. The molecule has 1 fully saturated rings. The Morgan fingerprint density at radius 3 is 2.59 bits per heavy atom. The molecule has 0 bridgehead atoms. The third-order valence-corrected chi connectivity index (χ3v) is 7.18. The van der Waals surface area contributed by atoms with Gasteiger partial charge in [0.25, 0.3) is 5.91 Å². The third-order valence-electron chi connectivity index (χ3n) is 7.18. The third kappa shape index (κ3) is 3.49. The van der Waals surface area contributed by atoms with E-state index in [0.717, 1.165) is 56.8 Å². The Bertz CT molecular complexity index is 1160. The molecule has 5 nitrogen and oxygen atoms in total. The summed E-state index contributed by atoms with van der Waals surface area (Å²) in [5, 5.41) is 0.706. The van der Waals surface area contributed by atoms with Gasteiger partial charge in [0.15, 0.2) is 0 Å². The molecule has 2 atom stereocenters. The van der Waals surface area contributed by atoms with Gasteiger partial charge >= 0.3 is 0 Å². The Labute approximate surface area is 185 Å². The van der Waals surface area contributed by atoms with Crippen molar-refractivity contribution in [3.8, 4) is 11.1 Å². The van der Waals surface area contributed by atoms with Crippen LogP contribution in [0.5, 0.6) is 0 Å². The van der Waals surface area contributed by atoms with Crippen molar-refractivity contribution in [2.75, 3.05) is 26.3 Å². The maximum absolute atomic E-state index is 14.7. The zero-order chi connectivity index (χ0) is 22.4. The smallest absolute Gasteiger partial charge is 0.250 e. The molecule has 0 saturated carbocycles. The molecule has 0 radical (unpaired) electrons. The van der Waals surface area contributed by atoms with Gasteiger partial charge in [0, 0.05) is 30.2 Å². The molecular weight excluding hydrogens is 412 g/mol. The van der Waals surface area contributed by atoms with E-state index < -0.39 is 17.5 Å². The van der Waals surface area contributed by atoms with Crippen LogP contribution in [0, 0.1) is 17.6 Å². The molecule has 2 aliphatic rings. The number of ether oxygens (including phenoxy) is 1. The van der Waals surface area contributed by atoms with Crippen molar-refractivity contribution < 1.29 is 18.3 Å². The molecule has 32 heavy (non-hydrogen) atoms. The second-order valence-corrected chi connectivity index (χ2v) is 8.85. The Morgan fingerprint density at radius 1 is 1.19 bits per heavy atom. The van der Waals surface area contributed by atoms with Crippen LogP contribution in [-0.4, -0.2) is 48.1 Å². The van der Waals surface area contributed by atoms with Gasteiger partial charge in [-0.05, 0) is 61.4 Å². The van der Waals surface area contributed by atoms with Crippen molar-refractivity contribution in [1.82, 2.24) is 9.88 Å². The quantitative estimate of drug-likeness (QED) is 0.645. The van der Waals surface area contributed by atoms with Gasteiger partial charge in [0.1, 0.15) is 11.6 Å². The molecule has 2 unspecified atom stereocenters. The average Bonchev–Trinajstić information content (AvgIpc) is 3.17. The predicted molar refractivity (Wildman–Crippen MR) is 120 cm³/mol. The van der Waals surface area contributed by atoms with Crippen molar-refractivity contribution in [2.24, 2.45) is 11.7 Å². The number of H-pyrrole nitrogens is 1. The Hall–Kier alpha value is -2.77. The van der Waals surface area contributed by atoms with Gasteiger partial charge in [0.05, 0.1) is 29.9 Å². The standard InChI is InChI=1S/C25H27F2N3O2/c1-14(30-9-11-32-12-10-30)15-5-6-16-21(13-15)29-24-18(25(28)31)8-7-17(22(16)24)23-19(26)3-2-4-20(23)27/h2-4,7-8,14-15,29H,5-6,9-13H2,1H3,(H2,28,31). The van der Waals surface area contributed by atoms with E-state index in [0.29, 0.717) is 34.0 Å². The number of carbonyl (C=O) groups is 1. The van der Waals surface area contributed by atoms with Crippen molar-refractivity contribution in [3.63, 3.8) is 0 Å². The fourth-order valence-corrected chi connectivity index (χ4v) is 5.43. The SMILES string of the molecule is CC(C1CCc2c([nH]c3c(C(N)=O)ccc(-c4c(F)cccc4F)c23)C1)N1CCOCC1. The van der Waals surface area contributed by atoms with Crippen LogP contribution in [0.15, 0.2) is 30.3 Å². The Balaban J connectivity index is 1.61. The summed E-state index contributed by atoms with van der Waals surface area (Å²) in [6.07, 6.45) is 2.57. The molecular formula is C25H27F2N3O2. The number of hydrogen-bond acceptors (Lipinski definition) is 3. The molecule has 2 heterocycles. The van der Waals surface area contributed by atoms with E-state index >= 15 is 0 Å². The van der Waals surface area contributed by atoms with E-state index in [4.69, 9.17) is 10.5 Å². The number of rotatable bonds is 4. The van der Waals surface area contributed by atoms with Crippen LogP contribution in [0.2, 0.25) is 0 Å². The maximum Gasteiger partial charge on any atom is 0.250 e. The van der Waals surface area contributed by atoms with Gasteiger partial charge in [-0.3, -0.25) is 9.69 Å². The van der Waals surface area contributed by atoms with Gasteiger partial charge < -0.3 is 15.5 Å². The molecule has 5 rings (SSSR count). The number of aromatic nitrogens is 1. The second-order valence-electron chi connectivity index (χ2n) is 8.85. The summed E-state index contributed by atoms with van der Waals surface area (Å²) < 4.78 is 34.8. The fourth-order valence-electron chi connectivity index (χ4n) is 5.43. The van der Waals surface area contributed by atoms with Crippen molar-refractivity contribution in [2.45, 2.75) is 32.2 Å². The lowest BCUT2D eigenvalue weighted by Crippen LogP contribution is -2.46. The average molecular weight is 440 g/mol. The molecule has 1 saturated heterocycles. The van der Waals surface area contributed by atoms with E-state index in [9.17, 15) is 13.6 Å². The summed E-state index contributed by atoms with van der Waals surface area (Å²) in [4.78, 5) is 18.0. The van der Waals surface area contributed by atoms with Gasteiger partial charge in [-0.25, -0.2) is 8.78 Å². The monoisotopic (exact) mass is 439 g/mol. The maximum atomic E-state index is 14.7. The minimum atomic E-state index is -0.622. The first-order valence-electron chi connectivity index (χ1n) is 11.2. The number of aryl methyl sites for hydroxylation is 1. The predicted octanol–water partition coefficient (Wildman–Crippen LogP) is 4.04. The molecule has 2 aromatic carbocycles. The summed E-state index contributed by atoms with van der Waals surface area (Å²) >= 11 is 0. The van der Waals surface area contributed by atoms with E-state index in [-0.39, 0.29) is 5.56 Å². The summed E-state index contributed by atoms with van der Waals surface area (Å²) in [5.74, 6) is -1.36. The second kappa shape index (κ2) is 8.30. The number of fused-ring (bicyclic) bond motifs is 3. The van der Waals surface area contributed by atoms with Crippen LogP contribution < -0.4 is 5.73 Å². The molecule has 1 aliphatic heterocycles. The first-order chi connectivity index (χ1) is 15.5. The number of amides is 1. The van der Waals surface area contributed by atoms with Crippen LogP contribution in [0.4, 0.5) is 8.78 Å². The first-order valence-corrected chi connectivity index (χ1v) is 11.2. The number of benzene rings is 2. The van der Waals surface area contributed by atoms with Gasteiger partial charge in [-0.1, -0.05) is 12.1 Å². The first kappa shape index (κ1) is 21.1. The van der Waals surface area contributed by atoms with Gasteiger partial charge in [-0.2, -0.15) is 0 Å². The normalized spacial score (nSPS) is 20.3. The molecule has 1 amide bonds. The highest BCUT2D eigenvalue weighted by Crippen LogP contribution is 2.41. The van der Waals surface area contributed by atoms with Crippen molar-refractivity contribution >= 4 is 16.8 Å². The van der Waals surface area contributed by atoms with Crippen LogP contribution in [0.25, 0.3) is 22.0 Å². The number of nitrogens with two attached hydrogens (primary N) is 1. The topological polar surface area (TPSA) is 71.4 Å². The highest BCUT2D eigenvalue weighted by Gasteiger charge is 2.32. The lowest BCUT2D eigenvalue weighted by molar-refractivity contribution is 0.00562. The van der Waals surface area contributed by atoms with Gasteiger partial charge in [0.2, 0.25) is 0 Å². The van der Waals surface area contributed by atoms with Gasteiger partial charge in [-0.15, -0.1) is 0 Å². The van der Waals surface area contributed by atoms with E-state index in [1.165, 1.54) is 18.2 Å². The number of primary amides is 1. The number of morpholine rings is 1. The highest BCUT2D eigenvalue weighted by atomic mass is 19.1. The summed E-state index contributed by atoms with van der Waals surface area (Å²) in [7, 11) is 0. The fraction of sp³-hybridized carbons (Fsp3) is 0.400. The van der Waals surface area contributed by atoms with Crippen LogP contribution in [0.1, 0.15) is 35.0 Å². The summed E-state index contributed by atoms with van der Waals surface area (Å²) in [6.45, 7) is 5.64. The Morgan fingerprint density at radius 2 is 1.91 bits per heavy atom. The minimum absolute atomic E-state index is 0.0703. The lowest BCUT2D eigenvalue weighted by Gasteiger charge is -2.38. The van der Waals surface area contributed by atoms with Crippen LogP contribution >= 0.6 is 0 Å². The Kier molecular flexibility index (Phi) is 5.47. The van der Waals surface area contributed by atoms with Crippen molar-refractivity contribution in [1.29, 1.82) is 0 Å².